The Kier molecular flexibility index (Phi) is 5.04. The van der Waals surface area contributed by atoms with Crippen molar-refractivity contribution in [3.8, 4) is 0 Å². The van der Waals surface area contributed by atoms with Crippen molar-refractivity contribution in [3.05, 3.63) is 48.6 Å². The highest BCUT2D eigenvalue weighted by Crippen LogP contribution is 2.06. The summed E-state index contributed by atoms with van der Waals surface area (Å²) < 4.78 is 5.48. The predicted octanol–water partition coefficient (Wildman–Crippen LogP) is 1.08. The molecule has 0 bridgehead atoms. The smallest absolute Gasteiger partial charge is 0.103 e. The van der Waals surface area contributed by atoms with E-state index in [9.17, 15) is 5.11 Å². The van der Waals surface area contributed by atoms with E-state index in [0.717, 1.165) is 5.56 Å². The molecule has 3 N–H and O–H groups in total. The molecule has 0 aliphatic heterocycles. The molecule has 2 atom stereocenters. The number of benzene rings is 1. The molecule has 3 heteroatoms. The Morgan fingerprint density at radius 2 is 2.07 bits per heavy atom. The van der Waals surface area contributed by atoms with E-state index in [-0.39, 0.29) is 6.54 Å². The Labute approximate surface area is 90.2 Å². The maximum Gasteiger partial charge on any atom is 0.103 e. The summed E-state index contributed by atoms with van der Waals surface area (Å²) in [7, 11) is 0. The second kappa shape index (κ2) is 6.35. The van der Waals surface area contributed by atoms with Crippen LogP contribution in [0.15, 0.2) is 43.0 Å². The van der Waals surface area contributed by atoms with E-state index in [1.807, 2.05) is 30.3 Å². The summed E-state index contributed by atoms with van der Waals surface area (Å²) in [5, 5.41) is 9.47. The highest BCUT2D eigenvalue weighted by atomic mass is 16.5. The molecule has 0 aliphatic carbocycles. The van der Waals surface area contributed by atoms with Crippen LogP contribution in [0, 0.1) is 0 Å². The molecule has 0 saturated carbocycles. The van der Waals surface area contributed by atoms with Crippen molar-refractivity contribution < 1.29 is 9.84 Å². The molecule has 1 aromatic carbocycles. The summed E-state index contributed by atoms with van der Waals surface area (Å²) in [4.78, 5) is 0. The molecule has 1 rings (SSSR count). The molecule has 0 radical (unpaired) electrons. The fourth-order valence-electron chi connectivity index (χ4n) is 1.24. The molecule has 3 nitrogen and oxygen atoms in total. The van der Waals surface area contributed by atoms with Gasteiger partial charge in [-0.3, -0.25) is 0 Å². The van der Waals surface area contributed by atoms with Crippen molar-refractivity contribution >= 4 is 0 Å². The third-order valence-electron chi connectivity index (χ3n) is 2.14. The molecule has 0 unspecified atom stereocenters. The van der Waals surface area contributed by atoms with E-state index in [4.69, 9.17) is 10.5 Å². The third-order valence-corrected chi connectivity index (χ3v) is 2.14. The average Bonchev–Trinajstić information content (AvgIpc) is 2.31. The number of rotatable bonds is 6. The normalized spacial score (nSPS) is 14.5. The first-order valence-electron chi connectivity index (χ1n) is 4.94. The van der Waals surface area contributed by atoms with E-state index >= 15 is 0 Å². The van der Waals surface area contributed by atoms with Gasteiger partial charge in [0.15, 0.2) is 0 Å². The maximum atomic E-state index is 9.47. The minimum atomic E-state index is -0.689. The van der Waals surface area contributed by atoms with Crippen LogP contribution in [0.3, 0.4) is 0 Å². The molecule has 0 aliphatic rings. The van der Waals surface area contributed by atoms with Gasteiger partial charge in [-0.1, -0.05) is 36.4 Å². The van der Waals surface area contributed by atoms with E-state index in [1.54, 1.807) is 6.08 Å². The van der Waals surface area contributed by atoms with Crippen molar-refractivity contribution in [3.63, 3.8) is 0 Å². The van der Waals surface area contributed by atoms with Gasteiger partial charge in [0.05, 0.1) is 12.7 Å². The molecular formula is C12H17NO2. The van der Waals surface area contributed by atoms with E-state index < -0.39 is 12.2 Å². The zero-order valence-corrected chi connectivity index (χ0v) is 8.67. The molecule has 0 spiro atoms. The van der Waals surface area contributed by atoms with Crippen LogP contribution in [0.1, 0.15) is 5.56 Å². The van der Waals surface area contributed by atoms with E-state index in [2.05, 4.69) is 6.58 Å². The summed E-state index contributed by atoms with van der Waals surface area (Å²) in [5.41, 5.74) is 6.40. The second-order valence-electron chi connectivity index (χ2n) is 3.30. The lowest BCUT2D eigenvalue weighted by atomic mass is 10.2. The number of ether oxygens (including phenoxy) is 1. The van der Waals surface area contributed by atoms with Gasteiger partial charge in [-0.05, 0) is 5.56 Å². The van der Waals surface area contributed by atoms with Crippen molar-refractivity contribution in [1.29, 1.82) is 0 Å². The molecule has 0 fully saturated rings. The topological polar surface area (TPSA) is 55.5 Å². The van der Waals surface area contributed by atoms with Crippen LogP contribution >= 0.6 is 0 Å². The Balaban J connectivity index is 2.44. The molecule has 82 valence electrons. The molecule has 0 heterocycles. The fraction of sp³-hybridized carbons (Fsp3) is 0.333. The minimum absolute atomic E-state index is 0.172. The Bertz CT molecular complexity index is 287. The lowest BCUT2D eigenvalue weighted by Crippen LogP contribution is -2.33. The highest BCUT2D eigenvalue weighted by molar-refractivity contribution is 5.13. The van der Waals surface area contributed by atoms with Crippen LogP contribution in [0.25, 0.3) is 0 Å². The second-order valence-corrected chi connectivity index (χ2v) is 3.30. The fourth-order valence-corrected chi connectivity index (χ4v) is 1.24. The van der Waals surface area contributed by atoms with Crippen LogP contribution in [0.4, 0.5) is 0 Å². The first kappa shape index (κ1) is 11.9. The number of hydrogen-bond donors (Lipinski definition) is 2. The van der Waals surface area contributed by atoms with Crippen LogP contribution in [0.5, 0.6) is 0 Å². The number of aliphatic hydroxyl groups is 1. The van der Waals surface area contributed by atoms with Crippen LogP contribution in [-0.4, -0.2) is 23.9 Å². The molecule has 0 aromatic heterocycles. The van der Waals surface area contributed by atoms with E-state index in [1.165, 1.54) is 0 Å². The Morgan fingerprint density at radius 1 is 1.40 bits per heavy atom. The van der Waals surface area contributed by atoms with Gasteiger partial charge in [0.25, 0.3) is 0 Å². The van der Waals surface area contributed by atoms with Crippen LogP contribution in [0.2, 0.25) is 0 Å². The standard InChI is InChI=1S/C12H17NO2/c1-2-12(11(14)8-13)15-9-10-6-4-3-5-7-10/h2-7,11-12,14H,1,8-9,13H2/t11-,12+/m0/s1. The first-order valence-corrected chi connectivity index (χ1v) is 4.94. The monoisotopic (exact) mass is 207 g/mol. The van der Waals surface area contributed by atoms with Crippen molar-refractivity contribution in [2.45, 2.75) is 18.8 Å². The van der Waals surface area contributed by atoms with Gasteiger partial charge in [-0.15, -0.1) is 6.58 Å². The van der Waals surface area contributed by atoms with Crippen molar-refractivity contribution in [2.24, 2.45) is 5.73 Å². The van der Waals surface area contributed by atoms with Crippen molar-refractivity contribution in [2.75, 3.05) is 6.54 Å². The molecule has 0 saturated heterocycles. The van der Waals surface area contributed by atoms with Gasteiger partial charge in [-0.2, -0.15) is 0 Å². The number of aliphatic hydroxyl groups excluding tert-OH is 1. The van der Waals surface area contributed by atoms with Crippen LogP contribution in [-0.2, 0) is 11.3 Å². The zero-order valence-electron chi connectivity index (χ0n) is 8.67. The number of nitrogens with two attached hydrogens (primary N) is 1. The first-order chi connectivity index (χ1) is 7.27. The minimum Gasteiger partial charge on any atom is -0.389 e. The summed E-state index contributed by atoms with van der Waals surface area (Å²) in [6.45, 7) is 4.23. The largest absolute Gasteiger partial charge is 0.389 e. The van der Waals surface area contributed by atoms with Crippen molar-refractivity contribution in [1.82, 2.24) is 0 Å². The van der Waals surface area contributed by atoms with Gasteiger partial charge >= 0.3 is 0 Å². The number of hydrogen-bond acceptors (Lipinski definition) is 3. The van der Waals surface area contributed by atoms with Crippen LogP contribution < -0.4 is 5.73 Å². The average molecular weight is 207 g/mol. The SMILES string of the molecule is C=C[C@@H](OCc1ccccc1)[C@@H](O)CN. The quantitative estimate of drug-likeness (QED) is 0.686. The maximum absolute atomic E-state index is 9.47. The molecule has 0 amide bonds. The Hall–Kier alpha value is -1.16. The summed E-state index contributed by atoms with van der Waals surface area (Å²) in [6, 6.07) is 9.77. The summed E-state index contributed by atoms with van der Waals surface area (Å²) >= 11 is 0. The Morgan fingerprint density at radius 3 is 2.60 bits per heavy atom. The molecule has 15 heavy (non-hydrogen) atoms. The van der Waals surface area contributed by atoms with Gasteiger partial charge in [0.1, 0.15) is 6.10 Å². The molecular weight excluding hydrogens is 190 g/mol. The zero-order chi connectivity index (χ0) is 11.1. The molecule has 1 aromatic rings. The van der Waals surface area contributed by atoms with Gasteiger partial charge < -0.3 is 15.6 Å². The lowest BCUT2D eigenvalue weighted by molar-refractivity contribution is -0.0139. The predicted molar refractivity (Wildman–Crippen MR) is 60.3 cm³/mol. The van der Waals surface area contributed by atoms with Gasteiger partial charge in [0, 0.05) is 6.54 Å². The lowest BCUT2D eigenvalue weighted by Gasteiger charge is -2.18. The van der Waals surface area contributed by atoms with Gasteiger partial charge in [0.2, 0.25) is 0 Å². The summed E-state index contributed by atoms with van der Waals surface area (Å²) in [5.74, 6) is 0. The van der Waals surface area contributed by atoms with E-state index in [0.29, 0.717) is 6.61 Å². The summed E-state index contributed by atoms with van der Waals surface area (Å²) in [6.07, 6.45) is 0.474. The third kappa shape index (κ3) is 3.83. The highest BCUT2D eigenvalue weighted by Gasteiger charge is 2.14. The van der Waals surface area contributed by atoms with Gasteiger partial charge in [-0.25, -0.2) is 0 Å².